The maximum atomic E-state index is 8.50. The molecule has 3 nitrogen and oxygen atoms in total. The van der Waals surface area contributed by atoms with Crippen molar-refractivity contribution >= 4 is 0 Å². The molecule has 0 radical (unpaired) electrons. The van der Waals surface area contributed by atoms with Crippen LogP contribution in [-0.2, 0) is 0 Å². The van der Waals surface area contributed by atoms with Gasteiger partial charge in [0.15, 0.2) is 0 Å². The maximum absolute atomic E-state index is 8.50. The van der Waals surface area contributed by atoms with Crippen molar-refractivity contribution in [3.8, 4) is 6.07 Å². The summed E-state index contributed by atoms with van der Waals surface area (Å²) in [6.07, 6.45) is 7.03. The number of rotatable bonds is 6. The zero-order valence-electron chi connectivity index (χ0n) is 9.76. The molecule has 0 aromatic carbocycles. The van der Waals surface area contributed by atoms with Crippen molar-refractivity contribution in [1.82, 2.24) is 10.6 Å². The fourth-order valence-corrected chi connectivity index (χ4v) is 2.26. The number of hydrogen-bond donors (Lipinski definition) is 2. The lowest BCUT2D eigenvalue weighted by Gasteiger charge is -2.33. The molecular formula is C12H23N3. The van der Waals surface area contributed by atoms with E-state index in [4.69, 9.17) is 5.26 Å². The van der Waals surface area contributed by atoms with E-state index in [1.165, 1.54) is 32.1 Å². The highest BCUT2D eigenvalue weighted by atomic mass is 15.0. The van der Waals surface area contributed by atoms with E-state index >= 15 is 0 Å². The van der Waals surface area contributed by atoms with Crippen molar-refractivity contribution in [1.29, 1.82) is 5.26 Å². The van der Waals surface area contributed by atoms with E-state index in [0.29, 0.717) is 18.5 Å². The largest absolute Gasteiger partial charge is 0.312 e. The molecule has 1 fully saturated rings. The minimum Gasteiger partial charge on any atom is -0.312 e. The second kappa shape index (κ2) is 7.67. The van der Waals surface area contributed by atoms with Crippen molar-refractivity contribution < 1.29 is 0 Å². The van der Waals surface area contributed by atoms with Crippen molar-refractivity contribution in [3.63, 3.8) is 0 Å². The molecule has 3 heteroatoms. The number of hydrogen-bond acceptors (Lipinski definition) is 3. The summed E-state index contributed by atoms with van der Waals surface area (Å²) in [5, 5.41) is 15.6. The SMILES string of the molecule is CCCNC1CCCCC1NCCC#N. The summed E-state index contributed by atoms with van der Waals surface area (Å²) < 4.78 is 0. The van der Waals surface area contributed by atoms with Crippen LogP contribution >= 0.6 is 0 Å². The van der Waals surface area contributed by atoms with Crippen LogP contribution in [0.3, 0.4) is 0 Å². The average Bonchev–Trinajstić information content (AvgIpc) is 2.28. The average molecular weight is 209 g/mol. The lowest BCUT2D eigenvalue weighted by molar-refractivity contribution is 0.286. The monoisotopic (exact) mass is 209 g/mol. The van der Waals surface area contributed by atoms with Crippen LogP contribution in [0.25, 0.3) is 0 Å². The summed E-state index contributed by atoms with van der Waals surface area (Å²) in [4.78, 5) is 0. The molecule has 86 valence electrons. The summed E-state index contributed by atoms with van der Waals surface area (Å²) in [6.45, 7) is 4.15. The summed E-state index contributed by atoms with van der Waals surface area (Å²) >= 11 is 0. The van der Waals surface area contributed by atoms with E-state index in [1.54, 1.807) is 0 Å². The fourth-order valence-electron chi connectivity index (χ4n) is 2.26. The van der Waals surface area contributed by atoms with Crippen LogP contribution in [0.15, 0.2) is 0 Å². The minimum absolute atomic E-state index is 0.582. The van der Waals surface area contributed by atoms with E-state index < -0.39 is 0 Å². The van der Waals surface area contributed by atoms with Gasteiger partial charge in [-0.05, 0) is 25.8 Å². The minimum atomic E-state index is 0.582. The van der Waals surface area contributed by atoms with Gasteiger partial charge in [-0.25, -0.2) is 0 Å². The predicted molar refractivity (Wildman–Crippen MR) is 62.6 cm³/mol. The topological polar surface area (TPSA) is 47.8 Å². The van der Waals surface area contributed by atoms with Crippen LogP contribution in [0.2, 0.25) is 0 Å². The van der Waals surface area contributed by atoms with Crippen LogP contribution < -0.4 is 10.6 Å². The molecule has 0 spiro atoms. The van der Waals surface area contributed by atoms with Gasteiger partial charge in [-0.1, -0.05) is 19.8 Å². The van der Waals surface area contributed by atoms with Gasteiger partial charge in [-0.3, -0.25) is 0 Å². The molecule has 0 aromatic rings. The van der Waals surface area contributed by atoms with Gasteiger partial charge in [0.1, 0.15) is 0 Å². The molecule has 2 N–H and O–H groups in total. The Labute approximate surface area is 93.2 Å². The Kier molecular flexibility index (Phi) is 6.38. The molecule has 0 bridgehead atoms. The Hall–Kier alpha value is -0.590. The molecule has 0 aliphatic heterocycles. The van der Waals surface area contributed by atoms with Crippen molar-refractivity contribution in [2.45, 2.75) is 57.5 Å². The summed E-state index contributed by atoms with van der Waals surface area (Å²) in [7, 11) is 0. The van der Waals surface area contributed by atoms with E-state index in [1.807, 2.05) is 0 Å². The van der Waals surface area contributed by atoms with Crippen LogP contribution in [0.5, 0.6) is 0 Å². The molecular weight excluding hydrogens is 186 g/mol. The third kappa shape index (κ3) is 4.63. The van der Waals surface area contributed by atoms with Gasteiger partial charge in [-0.15, -0.1) is 0 Å². The standard InChI is InChI=1S/C12H23N3/c1-2-9-14-11-6-3-4-7-12(11)15-10-5-8-13/h11-12,14-15H,2-7,9-10H2,1H3. The highest BCUT2D eigenvalue weighted by Crippen LogP contribution is 2.18. The summed E-state index contributed by atoms with van der Waals surface area (Å²) in [6, 6.07) is 3.39. The summed E-state index contributed by atoms with van der Waals surface area (Å²) in [5.41, 5.74) is 0. The first kappa shape index (κ1) is 12.5. The zero-order chi connectivity index (χ0) is 10.9. The predicted octanol–water partition coefficient (Wildman–Crippen LogP) is 1.80. The van der Waals surface area contributed by atoms with Gasteiger partial charge in [0.2, 0.25) is 0 Å². The van der Waals surface area contributed by atoms with Crippen LogP contribution in [0.1, 0.15) is 45.4 Å². The van der Waals surface area contributed by atoms with E-state index in [2.05, 4.69) is 23.6 Å². The van der Waals surface area contributed by atoms with Gasteiger partial charge in [0, 0.05) is 25.0 Å². The van der Waals surface area contributed by atoms with Gasteiger partial charge in [-0.2, -0.15) is 5.26 Å². The van der Waals surface area contributed by atoms with Gasteiger partial charge < -0.3 is 10.6 Å². The van der Waals surface area contributed by atoms with Crippen molar-refractivity contribution in [3.05, 3.63) is 0 Å². The van der Waals surface area contributed by atoms with Gasteiger partial charge in [0.05, 0.1) is 6.07 Å². The molecule has 1 saturated carbocycles. The molecule has 15 heavy (non-hydrogen) atoms. The Bertz CT molecular complexity index is 198. The highest BCUT2D eigenvalue weighted by Gasteiger charge is 2.23. The number of nitrogens with one attached hydrogen (secondary N) is 2. The maximum Gasteiger partial charge on any atom is 0.0635 e. The third-order valence-electron chi connectivity index (χ3n) is 3.07. The Morgan fingerprint density at radius 1 is 1.13 bits per heavy atom. The first-order valence-electron chi connectivity index (χ1n) is 6.22. The van der Waals surface area contributed by atoms with Gasteiger partial charge >= 0.3 is 0 Å². The number of nitriles is 1. The molecule has 2 unspecified atom stereocenters. The molecule has 0 aromatic heterocycles. The van der Waals surface area contributed by atoms with E-state index in [0.717, 1.165) is 13.1 Å². The molecule has 1 aliphatic carbocycles. The highest BCUT2D eigenvalue weighted by molar-refractivity contribution is 4.87. The zero-order valence-corrected chi connectivity index (χ0v) is 9.76. The van der Waals surface area contributed by atoms with Crippen LogP contribution in [0, 0.1) is 11.3 Å². The normalized spacial score (nSPS) is 26.1. The lowest BCUT2D eigenvalue weighted by atomic mass is 9.90. The van der Waals surface area contributed by atoms with Gasteiger partial charge in [0.25, 0.3) is 0 Å². The first-order chi connectivity index (χ1) is 7.38. The summed E-state index contributed by atoms with van der Waals surface area (Å²) in [5.74, 6) is 0. The van der Waals surface area contributed by atoms with E-state index in [9.17, 15) is 0 Å². The molecule has 1 rings (SSSR count). The van der Waals surface area contributed by atoms with Crippen molar-refractivity contribution in [2.75, 3.05) is 13.1 Å². The Morgan fingerprint density at radius 3 is 2.27 bits per heavy atom. The third-order valence-corrected chi connectivity index (χ3v) is 3.07. The second-order valence-electron chi connectivity index (χ2n) is 4.31. The molecule has 1 aliphatic rings. The number of nitrogens with zero attached hydrogens (tertiary/aromatic N) is 1. The lowest BCUT2D eigenvalue weighted by Crippen LogP contribution is -2.50. The van der Waals surface area contributed by atoms with Crippen LogP contribution in [-0.4, -0.2) is 25.2 Å². The van der Waals surface area contributed by atoms with Crippen molar-refractivity contribution in [2.24, 2.45) is 0 Å². The Balaban J connectivity index is 2.26. The fraction of sp³-hybridized carbons (Fsp3) is 0.917. The van der Waals surface area contributed by atoms with Crippen LogP contribution in [0.4, 0.5) is 0 Å². The first-order valence-corrected chi connectivity index (χ1v) is 6.22. The smallest absolute Gasteiger partial charge is 0.0635 e. The molecule has 0 saturated heterocycles. The molecule has 0 heterocycles. The second-order valence-corrected chi connectivity index (χ2v) is 4.31. The molecule has 2 atom stereocenters. The quantitative estimate of drug-likeness (QED) is 0.656. The van der Waals surface area contributed by atoms with E-state index in [-0.39, 0.29) is 0 Å². The molecule has 0 amide bonds. The Morgan fingerprint density at radius 2 is 1.73 bits per heavy atom.